The summed E-state index contributed by atoms with van der Waals surface area (Å²) in [5.41, 5.74) is 5.98. The summed E-state index contributed by atoms with van der Waals surface area (Å²) in [7, 11) is 0. The van der Waals surface area contributed by atoms with Crippen LogP contribution in [0.1, 0.15) is 17.7 Å². The standard InChI is InChI=1S/C31H26N8/c1-21-9-5-6-12-25(21)30-26-13-7-8-14-27(26)31(36-35-30)33-22-15-16-29-28(17-22)32-20-38(29)18-23-19-39(37-34-23)24-10-3-2-4-11-24/h2-16,19-20,28-29H,17-18H2,1H3. The predicted octanol–water partition coefficient (Wildman–Crippen LogP) is 5.50. The highest BCUT2D eigenvalue weighted by Crippen LogP contribution is 2.33. The molecular formula is C31H26N8. The van der Waals surface area contributed by atoms with Crippen LogP contribution in [-0.4, -0.2) is 54.2 Å². The molecule has 1 aliphatic heterocycles. The molecular weight excluding hydrogens is 484 g/mol. The monoisotopic (exact) mass is 510 g/mol. The Morgan fingerprint density at radius 1 is 0.872 bits per heavy atom. The highest BCUT2D eigenvalue weighted by Gasteiger charge is 2.32. The summed E-state index contributed by atoms with van der Waals surface area (Å²) in [4.78, 5) is 12.0. The first kappa shape index (κ1) is 23.2. The number of hydrogen-bond donors (Lipinski definition) is 0. The molecule has 3 aromatic carbocycles. The number of aliphatic imine (C=N–C) groups is 2. The van der Waals surface area contributed by atoms with Gasteiger partial charge in [0.2, 0.25) is 0 Å². The van der Waals surface area contributed by atoms with Crippen molar-refractivity contribution in [1.29, 1.82) is 0 Å². The van der Waals surface area contributed by atoms with E-state index in [1.54, 1.807) is 4.68 Å². The van der Waals surface area contributed by atoms with Gasteiger partial charge in [-0.1, -0.05) is 78.0 Å². The Balaban J connectivity index is 1.13. The predicted molar refractivity (Wildman–Crippen MR) is 154 cm³/mol. The molecule has 7 rings (SSSR count). The lowest BCUT2D eigenvalue weighted by atomic mass is 9.95. The molecule has 190 valence electrons. The molecule has 0 radical (unpaired) electrons. The molecule has 2 aliphatic rings. The molecule has 3 heterocycles. The topological polar surface area (TPSA) is 84.5 Å². The summed E-state index contributed by atoms with van der Waals surface area (Å²) in [5, 5.41) is 19.9. The minimum Gasteiger partial charge on any atom is -0.348 e. The van der Waals surface area contributed by atoms with Crippen LogP contribution in [0.25, 0.3) is 27.7 Å². The highest BCUT2D eigenvalue weighted by atomic mass is 15.4. The van der Waals surface area contributed by atoms with Crippen molar-refractivity contribution in [2.45, 2.75) is 32.0 Å². The van der Waals surface area contributed by atoms with Crippen LogP contribution in [0.15, 0.2) is 107 Å². The first-order valence-electron chi connectivity index (χ1n) is 13.1. The second-order valence-electron chi connectivity index (χ2n) is 9.88. The SMILES string of the molecule is Cc1ccccc1-c1nnc(N=C2C=CC3C(C2)N=CN3Cc2cn(-c3ccccc3)nn2)c2ccccc12. The Kier molecular flexibility index (Phi) is 5.77. The largest absolute Gasteiger partial charge is 0.348 e. The average Bonchev–Trinajstić information content (AvgIpc) is 3.61. The highest BCUT2D eigenvalue weighted by molar-refractivity contribution is 6.04. The van der Waals surface area contributed by atoms with Crippen LogP contribution in [-0.2, 0) is 6.54 Å². The maximum atomic E-state index is 4.95. The number of fused-ring (bicyclic) bond motifs is 2. The molecule has 0 spiro atoms. The van der Waals surface area contributed by atoms with Gasteiger partial charge in [0.15, 0.2) is 5.82 Å². The van der Waals surface area contributed by atoms with Gasteiger partial charge in [0.05, 0.1) is 36.9 Å². The lowest BCUT2D eigenvalue weighted by Crippen LogP contribution is -2.37. The number of para-hydroxylation sites is 1. The molecule has 8 heteroatoms. The van der Waals surface area contributed by atoms with Gasteiger partial charge in [-0.05, 0) is 30.7 Å². The van der Waals surface area contributed by atoms with E-state index in [4.69, 9.17) is 9.98 Å². The molecule has 2 aromatic heterocycles. The average molecular weight is 511 g/mol. The molecule has 0 amide bonds. The fraction of sp³-hybridized carbons (Fsp3) is 0.161. The minimum atomic E-state index is 0.100. The molecule has 0 N–H and O–H groups in total. The molecule has 8 nitrogen and oxygen atoms in total. The number of benzene rings is 3. The molecule has 0 saturated heterocycles. The number of nitrogens with zero attached hydrogens (tertiary/aromatic N) is 8. The number of rotatable bonds is 5. The molecule has 0 saturated carbocycles. The van der Waals surface area contributed by atoms with Crippen LogP contribution in [0.4, 0.5) is 5.82 Å². The van der Waals surface area contributed by atoms with E-state index in [0.717, 1.165) is 45.5 Å². The van der Waals surface area contributed by atoms with E-state index < -0.39 is 0 Å². The van der Waals surface area contributed by atoms with Crippen molar-refractivity contribution in [3.05, 3.63) is 108 Å². The normalized spacial score (nSPS) is 19.2. The third kappa shape index (κ3) is 4.40. The molecule has 2 atom stereocenters. The van der Waals surface area contributed by atoms with Crippen LogP contribution in [0.5, 0.6) is 0 Å². The van der Waals surface area contributed by atoms with Crippen molar-refractivity contribution in [3.63, 3.8) is 0 Å². The van der Waals surface area contributed by atoms with Gasteiger partial charge >= 0.3 is 0 Å². The van der Waals surface area contributed by atoms with E-state index in [1.807, 2.05) is 67.1 Å². The lowest BCUT2D eigenvalue weighted by Gasteiger charge is -2.27. The smallest absolute Gasteiger partial charge is 0.182 e. The fourth-order valence-electron chi connectivity index (χ4n) is 5.30. The summed E-state index contributed by atoms with van der Waals surface area (Å²) in [6.07, 6.45) is 8.91. The molecule has 5 aromatic rings. The van der Waals surface area contributed by atoms with Gasteiger partial charge in [-0.3, -0.25) is 4.99 Å². The first-order chi connectivity index (χ1) is 19.2. The van der Waals surface area contributed by atoms with Crippen molar-refractivity contribution >= 4 is 28.6 Å². The van der Waals surface area contributed by atoms with Gasteiger partial charge < -0.3 is 4.90 Å². The summed E-state index contributed by atoms with van der Waals surface area (Å²) in [5.74, 6) is 0.636. The van der Waals surface area contributed by atoms with Gasteiger partial charge in [0, 0.05) is 28.5 Å². The van der Waals surface area contributed by atoms with Crippen molar-refractivity contribution in [2.24, 2.45) is 9.98 Å². The van der Waals surface area contributed by atoms with E-state index in [0.29, 0.717) is 12.4 Å². The van der Waals surface area contributed by atoms with E-state index in [2.05, 4.69) is 68.8 Å². The number of aryl methyl sites for hydroxylation is 1. The fourth-order valence-corrected chi connectivity index (χ4v) is 5.30. The molecule has 2 unspecified atom stereocenters. The second kappa shape index (κ2) is 9.72. The first-order valence-corrected chi connectivity index (χ1v) is 13.1. The third-order valence-electron chi connectivity index (χ3n) is 7.31. The van der Waals surface area contributed by atoms with Crippen molar-refractivity contribution in [2.75, 3.05) is 0 Å². The maximum Gasteiger partial charge on any atom is 0.182 e. The lowest BCUT2D eigenvalue weighted by molar-refractivity contribution is 0.349. The molecule has 1 aliphatic carbocycles. The zero-order valence-corrected chi connectivity index (χ0v) is 21.5. The van der Waals surface area contributed by atoms with Gasteiger partial charge in [-0.15, -0.1) is 15.3 Å². The number of hydrogen-bond acceptors (Lipinski definition) is 7. The van der Waals surface area contributed by atoms with Gasteiger partial charge in [-0.25, -0.2) is 9.67 Å². The minimum absolute atomic E-state index is 0.100. The zero-order valence-electron chi connectivity index (χ0n) is 21.5. The molecule has 0 fully saturated rings. The summed E-state index contributed by atoms with van der Waals surface area (Å²) >= 11 is 0. The number of allylic oxidation sites excluding steroid dienone is 1. The Morgan fingerprint density at radius 3 is 2.54 bits per heavy atom. The summed E-state index contributed by atoms with van der Waals surface area (Å²) < 4.78 is 1.80. The van der Waals surface area contributed by atoms with E-state index in [1.165, 1.54) is 5.56 Å². The molecule has 39 heavy (non-hydrogen) atoms. The van der Waals surface area contributed by atoms with Crippen LogP contribution in [0.3, 0.4) is 0 Å². The number of aromatic nitrogens is 5. The van der Waals surface area contributed by atoms with Crippen molar-refractivity contribution in [3.8, 4) is 16.9 Å². The third-order valence-corrected chi connectivity index (χ3v) is 7.31. The van der Waals surface area contributed by atoms with E-state index in [-0.39, 0.29) is 12.1 Å². The molecule has 0 bridgehead atoms. The van der Waals surface area contributed by atoms with Gasteiger partial charge in [0.1, 0.15) is 11.4 Å². The van der Waals surface area contributed by atoms with E-state index >= 15 is 0 Å². The van der Waals surface area contributed by atoms with Crippen LogP contribution < -0.4 is 0 Å². The summed E-state index contributed by atoms with van der Waals surface area (Å²) in [6, 6.07) is 26.8. The Morgan fingerprint density at radius 2 is 1.67 bits per heavy atom. The van der Waals surface area contributed by atoms with Crippen molar-refractivity contribution < 1.29 is 0 Å². The zero-order chi connectivity index (χ0) is 26.2. The van der Waals surface area contributed by atoms with Gasteiger partial charge in [-0.2, -0.15) is 0 Å². The van der Waals surface area contributed by atoms with Crippen molar-refractivity contribution in [1.82, 2.24) is 30.1 Å². The summed E-state index contributed by atoms with van der Waals surface area (Å²) in [6.45, 7) is 2.74. The Bertz CT molecular complexity index is 1750. The van der Waals surface area contributed by atoms with Crippen LogP contribution in [0.2, 0.25) is 0 Å². The van der Waals surface area contributed by atoms with Crippen LogP contribution >= 0.6 is 0 Å². The van der Waals surface area contributed by atoms with Gasteiger partial charge in [0.25, 0.3) is 0 Å². The Labute approximate surface area is 226 Å². The second-order valence-corrected chi connectivity index (χ2v) is 9.88. The van der Waals surface area contributed by atoms with E-state index in [9.17, 15) is 0 Å². The van der Waals surface area contributed by atoms with Crippen LogP contribution in [0, 0.1) is 6.92 Å². The quantitative estimate of drug-likeness (QED) is 0.312. The Hall–Kier alpha value is -4.98. The maximum absolute atomic E-state index is 4.95.